The molecule has 10 rings (SSSR count). The highest BCUT2D eigenvalue weighted by molar-refractivity contribution is 7.25. The lowest BCUT2D eigenvalue weighted by Gasteiger charge is -2.26. The molecule has 0 aliphatic rings. The predicted molar refractivity (Wildman–Crippen MR) is 223 cm³/mol. The molecule has 0 saturated carbocycles. The lowest BCUT2D eigenvalue weighted by Crippen LogP contribution is -2.09. The number of pyridine rings is 1. The molecule has 2 aromatic heterocycles. The van der Waals surface area contributed by atoms with Crippen LogP contribution in [0.15, 0.2) is 194 Å². The third-order valence-electron chi connectivity index (χ3n) is 10.1. The molecule has 8 aromatic carbocycles. The van der Waals surface area contributed by atoms with Gasteiger partial charge in [-0.1, -0.05) is 127 Å². The van der Waals surface area contributed by atoms with Gasteiger partial charge in [0.1, 0.15) is 4.83 Å². The fourth-order valence-electron chi connectivity index (χ4n) is 7.66. The van der Waals surface area contributed by atoms with Crippen LogP contribution in [-0.4, -0.2) is 4.98 Å². The maximum Gasteiger partial charge on any atom is 0.124 e. The minimum Gasteiger partial charge on any atom is -0.311 e. The molecule has 52 heavy (non-hydrogen) atoms. The Morgan fingerprint density at radius 3 is 1.65 bits per heavy atom. The first-order chi connectivity index (χ1) is 25.8. The Morgan fingerprint density at radius 2 is 0.942 bits per heavy atom. The van der Waals surface area contributed by atoms with Crippen LogP contribution in [0.3, 0.4) is 0 Å². The summed E-state index contributed by atoms with van der Waals surface area (Å²) >= 11 is 1.75. The number of fused-ring (bicyclic) bond motifs is 6. The molecule has 2 heterocycles. The van der Waals surface area contributed by atoms with Crippen LogP contribution < -0.4 is 4.90 Å². The Bertz CT molecular complexity index is 2870. The Hall–Kier alpha value is -6.55. The summed E-state index contributed by atoms with van der Waals surface area (Å²) in [7, 11) is 0. The molecule has 244 valence electrons. The average Bonchev–Trinajstić information content (AvgIpc) is 3.61. The molecule has 2 nitrogen and oxygen atoms in total. The molecule has 0 N–H and O–H groups in total. The molecule has 0 aliphatic carbocycles. The number of hydrogen-bond acceptors (Lipinski definition) is 3. The number of benzene rings is 8. The van der Waals surface area contributed by atoms with Crippen molar-refractivity contribution in [3.8, 4) is 33.4 Å². The summed E-state index contributed by atoms with van der Waals surface area (Å²) in [4.78, 5) is 8.08. The van der Waals surface area contributed by atoms with E-state index in [1.54, 1.807) is 11.3 Å². The summed E-state index contributed by atoms with van der Waals surface area (Å²) in [6.07, 6.45) is 1.88. The van der Waals surface area contributed by atoms with Crippen molar-refractivity contribution < 1.29 is 0 Å². The molecule has 0 fully saturated rings. The van der Waals surface area contributed by atoms with Gasteiger partial charge >= 0.3 is 0 Å². The molecule has 0 spiro atoms. The van der Waals surface area contributed by atoms with Crippen molar-refractivity contribution in [3.63, 3.8) is 0 Å². The van der Waals surface area contributed by atoms with Crippen LogP contribution in [0.1, 0.15) is 0 Å². The van der Waals surface area contributed by atoms with Crippen LogP contribution in [0.2, 0.25) is 0 Å². The minimum atomic E-state index is 1.08. The summed E-state index contributed by atoms with van der Waals surface area (Å²) in [5.74, 6) is 0. The van der Waals surface area contributed by atoms with Gasteiger partial charge in [-0.2, -0.15) is 0 Å². The quantitative estimate of drug-likeness (QED) is 0.163. The Balaban J connectivity index is 1.07. The molecule has 0 amide bonds. The van der Waals surface area contributed by atoms with Crippen molar-refractivity contribution in [2.75, 3.05) is 4.90 Å². The summed E-state index contributed by atoms with van der Waals surface area (Å²) in [5.41, 5.74) is 10.6. The van der Waals surface area contributed by atoms with Gasteiger partial charge in [0.15, 0.2) is 0 Å². The molecule has 0 atom stereocenters. The standard InChI is InChI=1S/C49H32N2S/c1-2-10-33(11-3-1)34-19-25-38(26-20-34)51(39-27-21-35(22-28-39)42-16-8-18-47-48(42)45-17-9-31-50-49(45)52-47)40-29-23-36(24-30-40)46-32-37-12-4-5-13-41(37)43-14-6-7-15-44(43)46/h1-32H. The van der Waals surface area contributed by atoms with E-state index >= 15 is 0 Å². The molecule has 0 unspecified atom stereocenters. The second-order valence-electron chi connectivity index (χ2n) is 13.2. The number of rotatable bonds is 6. The van der Waals surface area contributed by atoms with Crippen molar-refractivity contribution in [2.24, 2.45) is 0 Å². The predicted octanol–water partition coefficient (Wildman–Crippen LogP) is 14.2. The first-order valence-electron chi connectivity index (χ1n) is 17.6. The summed E-state index contributed by atoms with van der Waals surface area (Å²) in [6.45, 7) is 0. The minimum absolute atomic E-state index is 1.08. The highest BCUT2D eigenvalue weighted by Gasteiger charge is 2.16. The Morgan fingerprint density at radius 1 is 0.385 bits per heavy atom. The zero-order chi connectivity index (χ0) is 34.4. The second-order valence-corrected chi connectivity index (χ2v) is 14.2. The second kappa shape index (κ2) is 12.6. The number of anilines is 3. The number of nitrogens with zero attached hydrogens (tertiary/aromatic N) is 2. The van der Waals surface area contributed by atoms with Gasteiger partial charge in [-0.15, -0.1) is 11.3 Å². The van der Waals surface area contributed by atoms with E-state index < -0.39 is 0 Å². The van der Waals surface area contributed by atoms with E-state index in [0.29, 0.717) is 0 Å². The van der Waals surface area contributed by atoms with E-state index in [-0.39, 0.29) is 0 Å². The van der Waals surface area contributed by atoms with E-state index in [1.807, 2.05) is 12.3 Å². The van der Waals surface area contributed by atoms with E-state index in [0.717, 1.165) is 21.9 Å². The van der Waals surface area contributed by atoms with Gasteiger partial charge in [0.05, 0.1) is 0 Å². The van der Waals surface area contributed by atoms with Crippen molar-refractivity contribution in [2.45, 2.75) is 0 Å². The van der Waals surface area contributed by atoms with Crippen LogP contribution in [0.25, 0.3) is 75.2 Å². The van der Waals surface area contributed by atoms with Crippen LogP contribution in [0, 0.1) is 0 Å². The Labute approximate surface area is 306 Å². The normalized spacial score (nSPS) is 11.5. The fourth-order valence-corrected chi connectivity index (χ4v) is 8.73. The smallest absolute Gasteiger partial charge is 0.124 e. The van der Waals surface area contributed by atoms with Gasteiger partial charge in [-0.25, -0.2) is 4.98 Å². The van der Waals surface area contributed by atoms with E-state index in [2.05, 4.69) is 192 Å². The fraction of sp³-hybridized carbons (Fsp3) is 0. The summed E-state index contributed by atoms with van der Waals surface area (Å²) in [5, 5.41) is 7.56. The topological polar surface area (TPSA) is 16.1 Å². The molecule has 0 saturated heterocycles. The van der Waals surface area contributed by atoms with Gasteiger partial charge in [0, 0.05) is 38.7 Å². The summed E-state index contributed by atoms with van der Waals surface area (Å²) < 4.78 is 1.26. The number of hydrogen-bond donors (Lipinski definition) is 0. The van der Waals surface area contributed by atoms with Crippen molar-refractivity contribution in [3.05, 3.63) is 194 Å². The van der Waals surface area contributed by atoms with Gasteiger partial charge in [-0.05, 0) is 116 Å². The maximum atomic E-state index is 4.65. The zero-order valence-electron chi connectivity index (χ0n) is 28.3. The van der Waals surface area contributed by atoms with Gasteiger partial charge < -0.3 is 4.90 Å². The monoisotopic (exact) mass is 680 g/mol. The number of aromatic nitrogens is 1. The maximum absolute atomic E-state index is 4.65. The SMILES string of the molecule is c1ccc(-c2ccc(N(c3ccc(-c4cc5ccccc5c5ccccc45)cc3)c3ccc(-c4cccc5sc6ncccc6c45)cc3)cc2)cc1. The first-order valence-corrected chi connectivity index (χ1v) is 18.4. The molecule has 3 heteroatoms. The van der Waals surface area contributed by atoms with E-state index in [1.165, 1.54) is 70.4 Å². The van der Waals surface area contributed by atoms with Crippen LogP contribution in [0.5, 0.6) is 0 Å². The van der Waals surface area contributed by atoms with Crippen LogP contribution in [0.4, 0.5) is 17.1 Å². The molecular formula is C49H32N2S. The van der Waals surface area contributed by atoms with Gasteiger partial charge in [0.25, 0.3) is 0 Å². The third kappa shape index (κ3) is 5.22. The van der Waals surface area contributed by atoms with Gasteiger partial charge in [0.2, 0.25) is 0 Å². The largest absolute Gasteiger partial charge is 0.311 e. The first kappa shape index (κ1) is 30.3. The van der Waals surface area contributed by atoms with Crippen LogP contribution >= 0.6 is 11.3 Å². The molecule has 10 aromatic rings. The molecule has 0 aliphatic heterocycles. The van der Waals surface area contributed by atoms with Crippen molar-refractivity contribution >= 4 is 70.2 Å². The average molecular weight is 681 g/mol. The zero-order valence-corrected chi connectivity index (χ0v) is 29.1. The summed E-state index contributed by atoms with van der Waals surface area (Å²) in [6, 6.07) is 68.1. The van der Waals surface area contributed by atoms with Gasteiger partial charge in [-0.3, -0.25) is 0 Å². The number of thiophene rings is 1. The van der Waals surface area contributed by atoms with E-state index in [4.69, 9.17) is 0 Å². The van der Waals surface area contributed by atoms with Crippen molar-refractivity contribution in [1.82, 2.24) is 4.98 Å². The van der Waals surface area contributed by atoms with Crippen LogP contribution in [-0.2, 0) is 0 Å². The highest BCUT2D eigenvalue weighted by Crippen LogP contribution is 2.42. The lowest BCUT2D eigenvalue weighted by atomic mass is 9.93. The molecule has 0 bridgehead atoms. The third-order valence-corrected chi connectivity index (χ3v) is 11.2. The highest BCUT2D eigenvalue weighted by atomic mass is 32.1. The van der Waals surface area contributed by atoms with Crippen molar-refractivity contribution in [1.29, 1.82) is 0 Å². The molecule has 0 radical (unpaired) electrons. The molecular weight excluding hydrogens is 649 g/mol. The Kier molecular flexibility index (Phi) is 7.37. The van der Waals surface area contributed by atoms with E-state index in [9.17, 15) is 0 Å². The lowest BCUT2D eigenvalue weighted by molar-refractivity contribution is 1.28.